The van der Waals surface area contributed by atoms with E-state index in [2.05, 4.69) is 15.5 Å². The molecule has 0 aliphatic rings. The summed E-state index contributed by atoms with van der Waals surface area (Å²) in [6.07, 6.45) is 0.859. The Morgan fingerprint density at radius 2 is 2.00 bits per heavy atom. The van der Waals surface area contributed by atoms with Gasteiger partial charge in [-0.1, -0.05) is 41.6 Å². The number of carbonyl (C=O) groups excluding carboxylic acids is 1. The Morgan fingerprint density at radius 1 is 1.19 bits per heavy atom. The number of amides is 1. The van der Waals surface area contributed by atoms with Crippen LogP contribution in [0.5, 0.6) is 0 Å². The molecule has 1 aromatic heterocycles. The number of aromatic nitrogens is 1. The molecule has 26 heavy (non-hydrogen) atoms. The van der Waals surface area contributed by atoms with Gasteiger partial charge in [-0.25, -0.2) is 0 Å². The van der Waals surface area contributed by atoms with Crippen LogP contribution < -0.4 is 11.1 Å². The summed E-state index contributed by atoms with van der Waals surface area (Å²) in [5, 5.41) is 8.55. The van der Waals surface area contributed by atoms with E-state index in [0.717, 1.165) is 16.3 Å². The number of rotatable bonds is 5. The number of amidine groups is 1. The number of anilines is 1. The van der Waals surface area contributed by atoms with Crippen molar-refractivity contribution in [1.82, 2.24) is 4.98 Å². The molecule has 3 N–H and O–H groups in total. The van der Waals surface area contributed by atoms with E-state index in [1.165, 1.54) is 0 Å². The van der Waals surface area contributed by atoms with E-state index >= 15 is 0 Å². The number of fused-ring (bicyclic) bond motifs is 1. The largest absolute Gasteiger partial charge is 0.381 e. The minimum absolute atomic E-state index is 0.122. The number of benzene rings is 2. The van der Waals surface area contributed by atoms with Gasteiger partial charge in [-0.2, -0.15) is 0 Å². The zero-order valence-electron chi connectivity index (χ0n) is 14.6. The molecule has 0 aliphatic carbocycles. The van der Waals surface area contributed by atoms with Crippen LogP contribution in [-0.2, 0) is 9.63 Å². The molecular formula is C20H20N4O2. The standard InChI is InChI=1S/C20H20N4O2/c1-13-6-5-8-16(12-13)23-20(25)14(2)26-24-19(21)18-17-9-4-3-7-15(17)10-11-22-18/h3-12,14H,1-2H3,(H2,21,24)(H,23,25)/t14-/m1/s1. The Balaban J connectivity index is 1.70. The minimum Gasteiger partial charge on any atom is -0.381 e. The molecule has 0 saturated carbocycles. The van der Waals surface area contributed by atoms with Crippen molar-refractivity contribution < 1.29 is 9.63 Å². The molecule has 0 fully saturated rings. The molecule has 132 valence electrons. The van der Waals surface area contributed by atoms with Crippen LogP contribution in [0.3, 0.4) is 0 Å². The lowest BCUT2D eigenvalue weighted by atomic mass is 10.1. The SMILES string of the molecule is Cc1cccc(NC(=O)[C@@H](C)O/N=C(\N)c2nccc3ccccc23)c1. The minimum atomic E-state index is -0.802. The van der Waals surface area contributed by atoms with Crippen molar-refractivity contribution in [2.75, 3.05) is 5.32 Å². The average molecular weight is 348 g/mol. The van der Waals surface area contributed by atoms with Gasteiger partial charge in [0.15, 0.2) is 5.84 Å². The summed E-state index contributed by atoms with van der Waals surface area (Å²) in [7, 11) is 0. The van der Waals surface area contributed by atoms with Crippen molar-refractivity contribution in [2.45, 2.75) is 20.0 Å². The number of hydrogen-bond donors (Lipinski definition) is 2. The molecule has 1 atom stereocenters. The summed E-state index contributed by atoms with van der Waals surface area (Å²) in [5.74, 6) is -0.185. The molecule has 3 aromatic rings. The Morgan fingerprint density at radius 3 is 2.81 bits per heavy atom. The van der Waals surface area contributed by atoms with Crippen molar-refractivity contribution >= 4 is 28.2 Å². The second-order valence-corrected chi connectivity index (χ2v) is 5.96. The van der Waals surface area contributed by atoms with Crippen LogP contribution in [0.15, 0.2) is 65.9 Å². The first-order valence-electron chi connectivity index (χ1n) is 8.25. The number of nitrogens with two attached hydrogens (primary N) is 1. The van der Waals surface area contributed by atoms with Gasteiger partial charge in [-0.15, -0.1) is 0 Å². The van der Waals surface area contributed by atoms with Gasteiger partial charge < -0.3 is 15.9 Å². The second-order valence-electron chi connectivity index (χ2n) is 5.96. The van der Waals surface area contributed by atoms with Crippen LogP contribution in [0.1, 0.15) is 18.2 Å². The molecule has 3 rings (SSSR count). The van der Waals surface area contributed by atoms with E-state index in [4.69, 9.17) is 10.6 Å². The van der Waals surface area contributed by atoms with Crippen molar-refractivity contribution in [1.29, 1.82) is 0 Å². The second kappa shape index (κ2) is 7.65. The third-order valence-corrected chi connectivity index (χ3v) is 3.88. The summed E-state index contributed by atoms with van der Waals surface area (Å²) >= 11 is 0. The van der Waals surface area contributed by atoms with Gasteiger partial charge in [-0.05, 0) is 43.0 Å². The number of nitrogens with one attached hydrogen (secondary N) is 1. The Kier molecular flexibility index (Phi) is 5.12. The highest BCUT2D eigenvalue weighted by atomic mass is 16.6. The van der Waals surface area contributed by atoms with Gasteiger partial charge in [0.1, 0.15) is 5.69 Å². The van der Waals surface area contributed by atoms with Gasteiger partial charge >= 0.3 is 0 Å². The molecule has 6 nitrogen and oxygen atoms in total. The fourth-order valence-electron chi connectivity index (χ4n) is 2.52. The van der Waals surface area contributed by atoms with Crippen molar-refractivity contribution in [3.05, 3.63) is 72.1 Å². The van der Waals surface area contributed by atoms with E-state index in [9.17, 15) is 4.79 Å². The number of hydrogen-bond acceptors (Lipinski definition) is 4. The van der Waals surface area contributed by atoms with Crippen LogP contribution in [0.2, 0.25) is 0 Å². The fourth-order valence-corrected chi connectivity index (χ4v) is 2.52. The highest BCUT2D eigenvalue weighted by molar-refractivity contribution is 6.07. The molecular weight excluding hydrogens is 328 g/mol. The zero-order valence-corrected chi connectivity index (χ0v) is 14.6. The van der Waals surface area contributed by atoms with Crippen LogP contribution in [0.4, 0.5) is 5.69 Å². The number of nitrogens with zero attached hydrogens (tertiary/aromatic N) is 2. The lowest BCUT2D eigenvalue weighted by Crippen LogP contribution is -2.27. The van der Waals surface area contributed by atoms with Gasteiger partial charge in [0, 0.05) is 17.3 Å². The first-order chi connectivity index (χ1) is 12.5. The van der Waals surface area contributed by atoms with Gasteiger partial charge in [0.25, 0.3) is 5.91 Å². The summed E-state index contributed by atoms with van der Waals surface area (Å²) in [5.41, 5.74) is 8.30. The number of pyridine rings is 1. The lowest BCUT2D eigenvalue weighted by Gasteiger charge is -2.12. The molecule has 1 heterocycles. The van der Waals surface area contributed by atoms with Crippen LogP contribution in [0, 0.1) is 6.92 Å². The number of carbonyl (C=O) groups is 1. The highest BCUT2D eigenvalue weighted by Gasteiger charge is 2.15. The number of oxime groups is 1. The molecule has 0 radical (unpaired) electrons. The van der Waals surface area contributed by atoms with E-state index in [0.29, 0.717) is 11.4 Å². The summed E-state index contributed by atoms with van der Waals surface area (Å²) in [4.78, 5) is 21.8. The first kappa shape index (κ1) is 17.4. The Bertz CT molecular complexity index is 963. The van der Waals surface area contributed by atoms with E-state index < -0.39 is 6.10 Å². The Labute approximate surface area is 151 Å². The first-order valence-corrected chi connectivity index (χ1v) is 8.25. The van der Waals surface area contributed by atoms with Crippen molar-refractivity contribution in [2.24, 2.45) is 10.9 Å². The summed E-state index contributed by atoms with van der Waals surface area (Å²) < 4.78 is 0. The fraction of sp³-hybridized carbons (Fsp3) is 0.150. The summed E-state index contributed by atoms with van der Waals surface area (Å²) in [6, 6.07) is 17.1. The van der Waals surface area contributed by atoms with Crippen LogP contribution in [-0.4, -0.2) is 22.8 Å². The normalized spacial score (nSPS) is 12.6. The van der Waals surface area contributed by atoms with E-state index in [1.807, 2.05) is 61.5 Å². The van der Waals surface area contributed by atoms with Gasteiger partial charge in [0.05, 0.1) is 0 Å². The maximum atomic E-state index is 12.2. The average Bonchev–Trinajstić information content (AvgIpc) is 2.65. The topological polar surface area (TPSA) is 89.6 Å². The molecule has 0 bridgehead atoms. The maximum absolute atomic E-state index is 12.2. The molecule has 0 aliphatic heterocycles. The Hall–Kier alpha value is -3.41. The molecule has 0 unspecified atom stereocenters. The predicted molar refractivity (Wildman–Crippen MR) is 103 cm³/mol. The lowest BCUT2D eigenvalue weighted by molar-refractivity contribution is -0.126. The van der Waals surface area contributed by atoms with Crippen LogP contribution in [0.25, 0.3) is 10.8 Å². The predicted octanol–water partition coefficient (Wildman–Crippen LogP) is 3.21. The third kappa shape index (κ3) is 3.97. The molecule has 1 amide bonds. The summed E-state index contributed by atoms with van der Waals surface area (Å²) in [6.45, 7) is 3.57. The maximum Gasteiger partial charge on any atom is 0.267 e. The van der Waals surface area contributed by atoms with Crippen LogP contribution >= 0.6 is 0 Å². The van der Waals surface area contributed by atoms with E-state index in [-0.39, 0.29) is 11.7 Å². The zero-order chi connectivity index (χ0) is 18.5. The number of aryl methyl sites for hydroxylation is 1. The molecule has 2 aromatic carbocycles. The van der Waals surface area contributed by atoms with Crippen molar-refractivity contribution in [3.63, 3.8) is 0 Å². The van der Waals surface area contributed by atoms with Gasteiger partial charge in [0.2, 0.25) is 6.10 Å². The van der Waals surface area contributed by atoms with E-state index in [1.54, 1.807) is 13.1 Å². The third-order valence-electron chi connectivity index (χ3n) is 3.88. The quantitative estimate of drug-likeness (QED) is 0.421. The molecule has 0 saturated heterocycles. The molecule has 6 heteroatoms. The molecule has 0 spiro atoms. The van der Waals surface area contributed by atoms with Crippen molar-refractivity contribution in [3.8, 4) is 0 Å². The van der Waals surface area contributed by atoms with Gasteiger partial charge in [-0.3, -0.25) is 9.78 Å². The smallest absolute Gasteiger partial charge is 0.267 e. The highest BCUT2D eigenvalue weighted by Crippen LogP contribution is 2.16. The monoisotopic (exact) mass is 348 g/mol.